The molecule has 2 atom stereocenters. The Morgan fingerprint density at radius 1 is 1.37 bits per heavy atom. The number of aromatic nitrogens is 2. The van der Waals surface area contributed by atoms with Crippen molar-refractivity contribution < 1.29 is 18.8 Å². The molecule has 0 saturated carbocycles. The number of amides is 2. The lowest BCUT2D eigenvalue weighted by Gasteiger charge is -2.40. The van der Waals surface area contributed by atoms with Crippen LogP contribution in [-0.2, 0) is 16.1 Å². The summed E-state index contributed by atoms with van der Waals surface area (Å²) in [5.74, 6) is 1.21. The van der Waals surface area contributed by atoms with Crippen molar-refractivity contribution in [3.8, 4) is 5.75 Å². The van der Waals surface area contributed by atoms with E-state index >= 15 is 0 Å². The molecule has 0 bridgehead atoms. The predicted octanol–water partition coefficient (Wildman–Crippen LogP) is 2.00. The van der Waals surface area contributed by atoms with Gasteiger partial charge in [-0.3, -0.25) is 9.59 Å². The summed E-state index contributed by atoms with van der Waals surface area (Å²) in [6.07, 6.45) is 0.860. The van der Waals surface area contributed by atoms with Crippen molar-refractivity contribution in [3.63, 3.8) is 0 Å². The number of nitrogens with zero attached hydrogens (tertiary/aromatic N) is 3. The molecule has 8 heteroatoms. The predicted molar refractivity (Wildman–Crippen MR) is 96.7 cm³/mol. The third-order valence-electron chi connectivity index (χ3n) is 4.82. The summed E-state index contributed by atoms with van der Waals surface area (Å²) >= 11 is 0. The number of ether oxygens (including phenoxy) is 1. The minimum Gasteiger partial charge on any atom is -0.497 e. The van der Waals surface area contributed by atoms with Crippen molar-refractivity contribution in [1.29, 1.82) is 0 Å². The quantitative estimate of drug-likeness (QED) is 0.833. The molecule has 3 rings (SSSR count). The molecule has 27 heavy (non-hydrogen) atoms. The summed E-state index contributed by atoms with van der Waals surface area (Å²) in [7, 11) is 1.60. The molecule has 0 spiro atoms. The molecule has 2 heterocycles. The first kappa shape index (κ1) is 18.9. The monoisotopic (exact) mass is 372 g/mol. The maximum Gasteiger partial charge on any atom is 0.246 e. The first-order valence-corrected chi connectivity index (χ1v) is 9.03. The molecule has 2 aromatic rings. The largest absolute Gasteiger partial charge is 0.497 e. The van der Waals surface area contributed by atoms with E-state index in [0.717, 1.165) is 11.3 Å². The van der Waals surface area contributed by atoms with Crippen molar-refractivity contribution in [3.05, 3.63) is 41.5 Å². The summed E-state index contributed by atoms with van der Waals surface area (Å²) in [6.45, 7) is 4.37. The third kappa shape index (κ3) is 4.10. The Balaban J connectivity index is 1.81. The summed E-state index contributed by atoms with van der Waals surface area (Å²) < 4.78 is 10.3. The van der Waals surface area contributed by atoms with Crippen LogP contribution < -0.4 is 10.1 Å². The number of rotatable bonds is 6. The molecule has 0 aliphatic carbocycles. The topological polar surface area (TPSA) is 97.6 Å². The fraction of sp³-hybridized carbons (Fsp3) is 0.474. The Morgan fingerprint density at radius 2 is 2.11 bits per heavy atom. The molecular formula is C19H24N4O4. The Bertz CT molecular complexity index is 802. The van der Waals surface area contributed by atoms with Gasteiger partial charge < -0.3 is 19.5 Å². The number of hydrogen-bond acceptors (Lipinski definition) is 6. The van der Waals surface area contributed by atoms with E-state index in [1.807, 2.05) is 31.2 Å². The first-order valence-electron chi connectivity index (χ1n) is 9.03. The minimum absolute atomic E-state index is 0.0647. The van der Waals surface area contributed by atoms with Gasteiger partial charge in [-0.2, -0.15) is 4.98 Å². The SMILES string of the molecule is CCN1C(=O)CC[C@@H](C(=O)NCc2nc(C)no2)[C@@H]1c1ccc(OC)cc1. The number of methoxy groups -OCH3 is 1. The zero-order chi connectivity index (χ0) is 19.4. The number of carbonyl (C=O) groups is 2. The Labute approximate surface area is 157 Å². The molecule has 144 valence electrons. The van der Waals surface area contributed by atoms with E-state index in [9.17, 15) is 9.59 Å². The van der Waals surface area contributed by atoms with Gasteiger partial charge in [-0.15, -0.1) is 0 Å². The minimum atomic E-state index is -0.347. The second kappa shape index (κ2) is 8.20. The number of aryl methyl sites for hydroxylation is 1. The Morgan fingerprint density at radius 3 is 2.70 bits per heavy atom. The van der Waals surface area contributed by atoms with Gasteiger partial charge in [0.1, 0.15) is 5.75 Å². The zero-order valence-corrected chi connectivity index (χ0v) is 15.8. The molecular weight excluding hydrogens is 348 g/mol. The lowest BCUT2D eigenvalue weighted by Crippen LogP contribution is -2.47. The average molecular weight is 372 g/mol. The van der Waals surface area contributed by atoms with Crippen LogP contribution in [-0.4, -0.2) is 40.5 Å². The van der Waals surface area contributed by atoms with Gasteiger partial charge in [-0.05, 0) is 38.0 Å². The van der Waals surface area contributed by atoms with Gasteiger partial charge in [0.2, 0.25) is 17.7 Å². The number of hydrogen-bond donors (Lipinski definition) is 1. The number of benzene rings is 1. The number of carbonyl (C=O) groups excluding carboxylic acids is 2. The molecule has 1 aliphatic heterocycles. The second-order valence-electron chi connectivity index (χ2n) is 6.50. The van der Waals surface area contributed by atoms with Gasteiger partial charge in [0, 0.05) is 13.0 Å². The average Bonchev–Trinajstić information content (AvgIpc) is 3.11. The van der Waals surface area contributed by atoms with E-state index in [1.165, 1.54) is 0 Å². The van der Waals surface area contributed by atoms with Crippen molar-refractivity contribution in [2.75, 3.05) is 13.7 Å². The van der Waals surface area contributed by atoms with Gasteiger partial charge in [0.05, 0.1) is 25.6 Å². The lowest BCUT2D eigenvalue weighted by molar-refractivity contribution is -0.143. The Hall–Kier alpha value is -2.90. The maximum absolute atomic E-state index is 12.9. The highest BCUT2D eigenvalue weighted by molar-refractivity contribution is 5.85. The molecule has 1 saturated heterocycles. The number of nitrogens with one attached hydrogen (secondary N) is 1. The summed E-state index contributed by atoms with van der Waals surface area (Å²) in [5, 5.41) is 6.58. The van der Waals surface area contributed by atoms with Crippen LogP contribution in [0.5, 0.6) is 5.75 Å². The fourth-order valence-electron chi connectivity index (χ4n) is 3.52. The maximum atomic E-state index is 12.9. The standard InChI is InChI=1S/C19H24N4O4/c1-4-23-17(24)10-9-15(18(23)13-5-7-14(26-3)8-6-13)19(25)20-11-16-21-12(2)22-27-16/h5-8,15,18H,4,9-11H2,1-3H3,(H,20,25)/t15-,18+/m1/s1. The Kier molecular flexibility index (Phi) is 5.73. The van der Waals surface area contributed by atoms with Crippen molar-refractivity contribution in [2.24, 2.45) is 5.92 Å². The van der Waals surface area contributed by atoms with Crippen LogP contribution in [0, 0.1) is 12.8 Å². The second-order valence-corrected chi connectivity index (χ2v) is 6.50. The van der Waals surface area contributed by atoms with Crippen LogP contribution in [0.15, 0.2) is 28.8 Å². The van der Waals surface area contributed by atoms with Crippen molar-refractivity contribution >= 4 is 11.8 Å². The molecule has 1 aliphatic rings. The molecule has 2 amide bonds. The van der Waals surface area contributed by atoms with Crippen molar-refractivity contribution in [1.82, 2.24) is 20.4 Å². The van der Waals surface area contributed by atoms with E-state index in [2.05, 4.69) is 15.5 Å². The van der Waals surface area contributed by atoms with Crippen molar-refractivity contribution in [2.45, 2.75) is 39.3 Å². The van der Waals surface area contributed by atoms with Crippen LogP contribution in [0.4, 0.5) is 0 Å². The van der Waals surface area contributed by atoms with Crippen LogP contribution in [0.1, 0.15) is 43.1 Å². The van der Waals surface area contributed by atoms with E-state index in [-0.39, 0.29) is 30.3 Å². The molecule has 1 N–H and O–H groups in total. The van der Waals surface area contributed by atoms with E-state index in [1.54, 1.807) is 18.9 Å². The van der Waals surface area contributed by atoms with Crippen LogP contribution in [0.3, 0.4) is 0 Å². The zero-order valence-electron chi connectivity index (χ0n) is 15.8. The lowest BCUT2D eigenvalue weighted by atomic mass is 9.83. The molecule has 8 nitrogen and oxygen atoms in total. The van der Waals surface area contributed by atoms with E-state index < -0.39 is 0 Å². The highest BCUT2D eigenvalue weighted by Gasteiger charge is 2.39. The van der Waals surface area contributed by atoms with E-state index in [0.29, 0.717) is 31.1 Å². The van der Waals surface area contributed by atoms with Gasteiger partial charge in [-0.1, -0.05) is 17.3 Å². The highest BCUT2D eigenvalue weighted by Crippen LogP contribution is 2.37. The van der Waals surface area contributed by atoms with Crippen LogP contribution in [0.25, 0.3) is 0 Å². The highest BCUT2D eigenvalue weighted by atomic mass is 16.5. The molecule has 1 fully saturated rings. The molecule has 1 aromatic carbocycles. The van der Waals surface area contributed by atoms with Crippen LogP contribution in [0.2, 0.25) is 0 Å². The number of likely N-dealkylation sites (tertiary alicyclic amines) is 1. The first-order chi connectivity index (χ1) is 13.0. The normalized spacial score (nSPS) is 19.8. The smallest absolute Gasteiger partial charge is 0.246 e. The molecule has 0 radical (unpaired) electrons. The van der Waals surface area contributed by atoms with Gasteiger partial charge in [0.25, 0.3) is 0 Å². The molecule has 0 unspecified atom stereocenters. The van der Waals surface area contributed by atoms with E-state index in [4.69, 9.17) is 9.26 Å². The third-order valence-corrected chi connectivity index (χ3v) is 4.82. The summed E-state index contributed by atoms with van der Waals surface area (Å²) in [6, 6.07) is 7.20. The summed E-state index contributed by atoms with van der Waals surface area (Å²) in [4.78, 5) is 31.2. The molecule has 1 aromatic heterocycles. The number of piperidine rings is 1. The van der Waals surface area contributed by atoms with Gasteiger partial charge in [-0.25, -0.2) is 0 Å². The fourth-order valence-corrected chi connectivity index (χ4v) is 3.52. The van der Waals surface area contributed by atoms with Crippen LogP contribution >= 0.6 is 0 Å². The summed E-state index contributed by atoms with van der Waals surface area (Å²) in [5.41, 5.74) is 0.916. The van der Waals surface area contributed by atoms with Gasteiger partial charge >= 0.3 is 0 Å². The van der Waals surface area contributed by atoms with Gasteiger partial charge in [0.15, 0.2) is 5.82 Å².